The van der Waals surface area contributed by atoms with Crippen LogP contribution in [0.5, 0.6) is 11.5 Å². The molecule has 0 saturated carbocycles. The number of rotatable bonds is 7. The summed E-state index contributed by atoms with van der Waals surface area (Å²) in [6.07, 6.45) is 3.30. The first-order valence-corrected chi connectivity index (χ1v) is 8.82. The van der Waals surface area contributed by atoms with E-state index in [0.717, 1.165) is 22.4 Å². The number of fused-ring (bicyclic) bond motifs is 1. The molecule has 0 saturated heterocycles. The molecule has 0 aliphatic heterocycles. The molecule has 0 atom stereocenters. The Balaban J connectivity index is 1.84. The highest BCUT2D eigenvalue weighted by Crippen LogP contribution is 2.26. The molecular weight excluding hydrogens is 344 g/mol. The minimum Gasteiger partial charge on any atom is -0.497 e. The molecular formula is C20H24N4O3. The van der Waals surface area contributed by atoms with Gasteiger partial charge in [0.25, 0.3) is 5.91 Å². The lowest BCUT2D eigenvalue weighted by molar-refractivity contribution is 0.0949. The lowest BCUT2D eigenvalue weighted by Crippen LogP contribution is -2.27. The molecule has 0 unspecified atom stereocenters. The molecule has 1 aromatic carbocycles. The van der Waals surface area contributed by atoms with Crippen molar-refractivity contribution in [3.63, 3.8) is 0 Å². The lowest BCUT2D eigenvalue weighted by atomic mass is 10.2. The Bertz CT molecular complexity index is 950. The summed E-state index contributed by atoms with van der Waals surface area (Å²) in [5.74, 6) is 1.73. The number of pyridine rings is 1. The van der Waals surface area contributed by atoms with Gasteiger partial charge in [0, 0.05) is 29.8 Å². The first kappa shape index (κ1) is 18.7. The van der Waals surface area contributed by atoms with Gasteiger partial charge in [0.15, 0.2) is 5.65 Å². The third kappa shape index (κ3) is 4.19. The predicted octanol–water partition coefficient (Wildman–Crippen LogP) is 2.88. The van der Waals surface area contributed by atoms with E-state index in [1.165, 1.54) is 0 Å². The van der Waals surface area contributed by atoms with Gasteiger partial charge in [0.2, 0.25) is 0 Å². The largest absolute Gasteiger partial charge is 0.497 e. The van der Waals surface area contributed by atoms with E-state index in [-0.39, 0.29) is 5.91 Å². The first-order valence-electron chi connectivity index (χ1n) is 8.82. The number of aromatic nitrogens is 3. The van der Waals surface area contributed by atoms with Gasteiger partial charge in [0.05, 0.1) is 32.5 Å². The third-order valence-electron chi connectivity index (χ3n) is 4.22. The second-order valence-corrected chi connectivity index (χ2v) is 6.72. The van der Waals surface area contributed by atoms with Crippen LogP contribution in [0.25, 0.3) is 11.0 Å². The molecule has 27 heavy (non-hydrogen) atoms. The summed E-state index contributed by atoms with van der Waals surface area (Å²) in [7, 11) is 3.24. The fourth-order valence-corrected chi connectivity index (χ4v) is 2.75. The normalized spacial score (nSPS) is 11.0. The molecule has 0 spiro atoms. The number of ether oxygens (including phenoxy) is 2. The molecule has 2 aromatic heterocycles. The van der Waals surface area contributed by atoms with E-state index in [2.05, 4.69) is 29.2 Å². The summed E-state index contributed by atoms with van der Waals surface area (Å²) in [5, 5.41) is 8.14. The highest BCUT2D eigenvalue weighted by Gasteiger charge is 2.13. The summed E-state index contributed by atoms with van der Waals surface area (Å²) in [4.78, 5) is 16.7. The SMILES string of the molecule is COc1ccc(Cn2ncc3cc(C(=O)NCC(C)C)cnc32)c(OC)c1. The van der Waals surface area contributed by atoms with Gasteiger partial charge in [-0.25, -0.2) is 9.67 Å². The van der Waals surface area contributed by atoms with Crippen molar-refractivity contribution in [1.82, 2.24) is 20.1 Å². The number of benzene rings is 1. The van der Waals surface area contributed by atoms with Crippen molar-refractivity contribution in [3.8, 4) is 11.5 Å². The average Bonchev–Trinajstić information content (AvgIpc) is 3.08. The van der Waals surface area contributed by atoms with Crippen LogP contribution in [0, 0.1) is 5.92 Å². The number of hydrogen-bond acceptors (Lipinski definition) is 5. The van der Waals surface area contributed by atoms with Gasteiger partial charge in [-0.1, -0.05) is 13.8 Å². The van der Waals surface area contributed by atoms with Gasteiger partial charge in [-0.2, -0.15) is 5.10 Å². The van der Waals surface area contributed by atoms with Crippen molar-refractivity contribution in [1.29, 1.82) is 0 Å². The number of amides is 1. The standard InChI is InChI=1S/C20H24N4O3/c1-13(2)9-22-20(25)16-7-15-11-23-24(19(15)21-10-16)12-14-5-6-17(26-3)8-18(14)27-4/h5-8,10-11,13H,9,12H2,1-4H3,(H,22,25). The van der Waals surface area contributed by atoms with E-state index in [4.69, 9.17) is 9.47 Å². The summed E-state index contributed by atoms with van der Waals surface area (Å²) < 4.78 is 12.5. The zero-order valence-electron chi connectivity index (χ0n) is 16.0. The highest BCUT2D eigenvalue weighted by atomic mass is 16.5. The number of nitrogens with one attached hydrogen (secondary N) is 1. The van der Waals surface area contributed by atoms with Crippen LogP contribution < -0.4 is 14.8 Å². The summed E-state index contributed by atoms with van der Waals surface area (Å²) in [6.45, 7) is 5.24. The molecule has 3 rings (SSSR count). The van der Waals surface area contributed by atoms with E-state index in [1.54, 1.807) is 31.3 Å². The maximum absolute atomic E-state index is 12.2. The Kier molecular flexibility index (Phi) is 5.59. The van der Waals surface area contributed by atoms with E-state index < -0.39 is 0 Å². The van der Waals surface area contributed by atoms with E-state index in [0.29, 0.717) is 30.2 Å². The Morgan fingerprint density at radius 1 is 1.19 bits per heavy atom. The zero-order chi connectivity index (χ0) is 19.4. The van der Waals surface area contributed by atoms with Crippen molar-refractivity contribution in [3.05, 3.63) is 47.8 Å². The first-order chi connectivity index (χ1) is 13.0. The average molecular weight is 368 g/mol. The van der Waals surface area contributed by atoms with E-state index in [9.17, 15) is 4.79 Å². The van der Waals surface area contributed by atoms with Crippen LogP contribution in [-0.2, 0) is 6.54 Å². The molecule has 0 bridgehead atoms. The Morgan fingerprint density at radius 3 is 2.70 bits per heavy atom. The van der Waals surface area contributed by atoms with Crippen LogP contribution in [0.1, 0.15) is 29.8 Å². The summed E-state index contributed by atoms with van der Waals surface area (Å²) in [5.41, 5.74) is 2.21. The minimum atomic E-state index is -0.123. The van der Waals surface area contributed by atoms with E-state index in [1.807, 2.05) is 24.3 Å². The molecule has 0 fully saturated rings. The van der Waals surface area contributed by atoms with Crippen LogP contribution in [0.2, 0.25) is 0 Å². The van der Waals surface area contributed by atoms with Gasteiger partial charge in [-0.05, 0) is 24.1 Å². The molecule has 0 aliphatic carbocycles. The summed E-state index contributed by atoms with van der Waals surface area (Å²) >= 11 is 0. The number of nitrogens with zero attached hydrogens (tertiary/aromatic N) is 3. The monoisotopic (exact) mass is 368 g/mol. The van der Waals surface area contributed by atoms with Gasteiger partial charge in [-0.15, -0.1) is 0 Å². The van der Waals surface area contributed by atoms with Crippen LogP contribution in [0.3, 0.4) is 0 Å². The number of carbonyl (C=O) groups excluding carboxylic acids is 1. The van der Waals surface area contributed by atoms with Crippen LogP contribution in [-0.4, -0.2) is 41.4 Å². The van der Waals surface area contributed by atoms with Crippen LogP contribution in [0.4, 0.5) is 0 Å². The van der Waals surface area contributed by atoms with Crippen molar-refractivity contribution >= 4 is 16.9 Å². The van der Waals surface area contributed by atoms with Gasteiger partial charge >= 0.3 is 0 Å². The van der Waals surface area contributed by atoms with Crippen molar-refractivity contribution in [2.24, 2.45) is 5.92 Å². The maximum Gasteiger partial charge on any atom is 0.252 e. The number of methoxy groups -OCH3 is 2. The Labute approximate surface area is 158 Å². The highest BCUT2D eigenvalue weighted by molar-refractivity contribution is 5.96. The fourth-order valence-electron chi connectivity index (χ4n) is 2.75. The molecule has 7 nitrogen and oxygen atoms in total. The van der Waals surface area contributed by atoms with Crippen LogP contribution >= 0.6 is 0 Å². The number of hydrogen-bond donors (Lipinski definition) is 1. The molecule has 3 aromatic rings. The molecule has 0 radical (unpaired) electrons. The second kappa shape index (κ2) is 8.07. The molecule has 1 amide bonds. The fraction of sp³-hybridized carbons (Fsp3) is 0.350. The second-order valence-electron chi connectivity index (χ2n) is 6.72. The lowest BCUT2D eigenvalue weighted by Gasteiger charge is -2.11. The smallest absolute Gasteiger partial charge is 0.252 e. The molecule has 2 heterocycles. The predicted molar refractivity (Wildman–Crippen MR) is 103 cm³/mol. The minimum absolute atomic E-state index is 0.123. The molecule has 7 heteroatoms. The van der Waals surface area contributed by atoms with Crippen molar-refractivity contribution in [2.45, 2.75) is 20.4 Å². The Hall–Kier alpha value is -3.09. The van der Waals surface area contributed by atoms with Crippen molar-refractivity contribution in [2.75, 3.05) is 20.8 Å². The van der Waals surface area contributed by atoms with Gasteiger partial charge in [0.1, 0.15) is 11.5 Å². The summed E-state index contributed by atoms with van der Waals surface area (Å²) in [6, 6.07) is 7.48. The van der Waals surface area contributed by atoms with E-state index >= 15 is 0 Å². The number of carbonyl (C=O) groups is 1. The quantitative estimate of drug-likeness (QED) is 0.694. The Morgan fingerprint density at radius 2 is 2.00 bits per heavy atom. The maximum atomic E-state index is 12.2. The van der Waals surface area contributed by atoms with Crippen molar-refractivity contribution < 1.29 is 14.3 Å². The van der Waals surface area contributed by atoms with Gasteiger partial charge in [-0.3, -0.25) is 4.79 Å². The molecule has 0 aliphatic rings. The topological polar surface area (TPSA) is 78.3 Å². The zero-order valence-corrected chi connectivity index (χ0v) is 16.0. The molecule has 1 N–H and O–H groups in total. The molecule has 142 valence electrons. The van der Waals surface area contributed by atoms with Gasteiger partial charge < -0.3 is 14.8 Å². The third-order valence-corrected chi connectivity index (χ3v) is 4.22. The van der Waals surface area contributed by atoms with Crippen LogP contribution in [0.15, 0.2) is 36.7 Å².